The quantitative estimate of drug-likeness (QED) is 0.872. The van der Waals surface area contributed by atoms with Gasteiger partial charge in [-0.25, -0.2) is 0 Å². The van der Waals surface area contributed by atoms with Crippen molar-refractivity contribution in [1.29, 1.82) is 0 Å². The van der Waals surface area contributed by atoms with Crippen molar-refractivity contribution < 1.29 is 19.1 Å². The second-order valence-electron chi connectivity index (χ2n) is 4.47. The molecular formula is C14H18N2O4S. The number of hydrogen-bond acceptors (Lipinski definition) is 5. The first-order valence-electron chi connectivity index (χ1n) is 6.57. The first-order valence-corrected chi connectivity index (χ1v) is 7.56. The molecule has 6 nitrogen and oxygen atoms in total. The fourth-order valence-electron chi connectivity index (χ4n) is 1.99. The summed E-state index contributed by atoms with van der Waals surface area (Å²) in [6.45, 7) is 1.14. The van der Waals surface area contributed by atoms with Crippen LogP contribution in [0.15, 0.2) is 18.2 Å². The third-order valence-corrected chi connectivity index (χ3v) is 4.03. The number of amides is 2. The van der Waals surface area contributed by atoms with Crippen LogP contribution in [0.4, 0.5) is 10.5 Å². The van der Waals surface area contributed by atoms with Gasteiger partial charge in [0, 0.05) is 31.3 Å². The second kappa shape index (κ2) is 7.21. The van der Waals surface area contributed by atoms with Crippen LogP contribution in [0, 0.1) is 0 Å². The van der Waals surface area contributed by atoms with Crippen LogP contribution in [0.2, 0.25) is 0 Å². The van der Waals surface area contributed by atoms with Gasteiger partial charge in [-0.2, -0.15) is 0 Å². The summed E-state index contributed by atoms with van der Waals surface area (Å²) >= 11 is 1.29. The SMILES string of the molecule is COc1ccc(OC)c(NC(=O)CCN2CCSC2=O)c1. The standard InChI is InChI=1S/C14H18N2O4S/c1-19-10-3-4-12(20-2)11(9-10)15-13(17)5-6-16-7-8-21-14(16)18/h3-4,9H,5-8H2,1-2H3,(H,15,17). The molecule has 0 bridgehead atoms. The van der Waals surface area contributed by atoms with Gasteiger partial charge in [0.15, 0.2) is 0 Å². The van der Waals surface area contributed by atoms with E-state index in [1.165, 1.54) is 18.9 Å². The number of anilines is 1. The smallest absolute Gasteiger partial charge is 0.281 e. The van der Waals surface area contributed by atoms with E-state index in [9.17, 15) is 9.59 Å². The molecule has 1 saturated heterocycles. The summed E-state index contributed by atoms with van der Waals surface area (Å²) in [5, 5.41) is 2.83. The highest BCUT2D eigenvalue weighted by molar-refractivity contribution is 8.13. The Hall–Kier alpha value is -1.89. The van der Waals surface area contributed by atoms with E-state index in [1.807, 2.05) is 0 Å². The molecule has 114 valence electrons. The molecule has 0 unspecified atom stereocenters. The molecule has 7 heteroatoms. The summed E-state index contributed by atoms with van der Waals surface area (Å²) in [4.78, 5) is 25.1. The lowest BCUT2D eigenvalue weighted by molar-refractivity contribution is -0.116. The number of carbonyl (C=O) groups is 2. The molecule has 0 atom stereocenters. The fourth-order valence-corrected chi connectivity index (χ4v) is 2.84. The highest BCUT2D eigenvalue weighted by atomic mass is 32.2. The molecule has 0 saturated carbocycles. The van der Waals surface area contributed by atoms with Crippen molar-refractivity contribution >= 4 is 28.6 Å². The molecule has 21 heavy (non-hydrogen) atoms. The number of thioether (sulfide) groups is 1. The van der Waals surface area contributed by atoms with E-state index in [0.717, 1.165) is 5.75 Å². The van der Waals surface area contributed by atoms with Crippen LogP contribution < -0.4 is 14.8 Å². The minimum Gasteiger partial charge on any atom is -0.497 e. The summed E-state index contributed by atoms with van der Waals surface area (Å²) in [5.74, 6) is 1.84. The van der Waals surface area contributed by atoms with Crippen LogP contribution in [0.1, 0.15) is 6.42 Å². The summed E-state index contributed by atoms with van der Waals surface area (Å²) in [6.07, 6.45) is 0.257. The lowest BCUT2D eigenvalue weighted by atomic mass is 10.2. The van der Waals surface area contributed by atoms with Gasteiger partial charge >= 0.3 is 0 Å². The second-order valence-corrected chi connectivity index (χ2v) is 5.51. The summed E-state index contributed by atoms with van der Waals surface area (Å²) in [7, 11) is 3.10. The van der Waals surface area contributed by atoms with E-state index in [2.05, 4.69) is 5.32 Å². The molecular weight excluding hydrogens is 292 g/mol. The maximum atomic E-state index is 12.0. The minimum absolute atomic E-state index is 0.0433. The van der Waals surface area contributed by atoms with Gasteiger partial charge in [0.1, 0.15) is 11.5 Å². The number of hydrogen-bond donors (Lipinski definition) is 1. The van der Waals surface area contributed by atoms with E-state index in [1.54, 1.807) is 30.2 Å². The Morgan fingerprint density at radius 3 is 2.81 bits per heavy atom. The van der Waals surface area contributed by atoms with Crippen LogP contribution in [-0.2, 0) is 4.79 Å². The molecule has 1 aliphatic heterocycles. The topological polar surface area (TPSA) is 67.9 Å². The largest absolute Gasteiger partial charge is 0.497 e. The number of ether oxygens (including phenoxy) is 2. The first-order chi connectivity index (χ1) is 10.1. The lowest BCUT2D eigenvalue weighted by Crippen LogP contribution is -2.27. The Balaban J connectivity index is 1.93. The first kappa shape index (κ1) is 15.5. The molecule has 1 aliphatic rings. The van der Waals surface area contributed by atoms with Crippen molar-refractivity contribution in [2.24, 2.45) is 0 Å². The molecule has 1 fully saturated rings. The normalized spacial score (nSPS) is 14.2. The van der Waals surface area contributed by atoms with Crippen LogP contribution in [-0.4, -0.2) is 49.1 Å². The third-order valence-electron chi connectivity index (χ3n) is 3.13. The predicted molar refractivity (Wildman–Crippen MR) is 82.2 cm³/mol. The van der Waals surface area contributed by atoms with Crippen molar-refractivity contribution in [3.05, 3.63) is 18.2 Å². The predicted octanol–water partition coefficient (Wildman–Crippen LogP) is 2.20. The van der Waals surface area contributed by atoms with Gasteiger partial charge in [-0.15, -0.1) is 0 Å². The maximum Gasteiger partial charge on any atom is 0.281 e. The molecule has 1 aromatic carbocycles. The fraction of sp³-hybridized carbons (Fsp3) is 0.429. The van der Waals surface area contributed by atoms with Gasteiger partial charge in [-0.1, -0.05) is 11.8 Å². The van der Waals surface area contributed by atoms with Gasteiger partial charge < -0.3 is 19.7 Å². The van der Waals surface area contributed by atoms with E-state index >= 15 is 0 Å². The van der Waals surface area contributed by atoms with Crippen molar-refractivity contribution in [2.75, 3.05) is 38.4 Å². The van der Waals surface area contributed by atoms with Crippen molar-refractivity contribution in [3.63, 3.8) is 0 Å². The van der Waals surface area contributed by atoms with Crippen molar-refractivity contribution in [1.82, 2.24) is 4.90 Å². The zero-order chi connectivity index (χ0) is 15.2. The Morgan fingerprint density at radius 2 is 2.19 bits per heavy atom. The maximum absolute atomic E-state index is 12.0. The number of methoxy groups -OCH3 is 2. The van der Waals surface area contributed by atoms with Gasteiger partial charge in [0.2, 0.25) is 5.91 Å². The highest BCUT2D eigenvalue weighted by Gasteiger charge is 2.21. The molecule has 1 aromatic rings. The average molecular weight is 310 g/mol. The molecule has 2 rings (SSSR count). The minimum atomic E-state index is -0.161. The van der Waals surface area contributed by atoms with Gasteiger partial charge in [-0.3, -0.25) is 9.59 Å². The Kier molecular flexibility index (Phi) is 5.32. The van der Waals surface area contributed by atoms with Crippen LogP contribution in [0.25, 0.3) is 0 Å². The number of rotatable bonds is 6. The van der Waals surface area contributed by atoms with E-state index < -0.39 is 0 Å². The summed E-state index contributed by atoms with van der Waals surface area (Å²) in [6, 6.07) is 5.19. The van der Waals surface area contributed by atoms with Crippen molar-refractivity contribution in [2.45, 2.75) is 6.42 Å². The molecule has 0 aliphatic carbocycles. The molecule has 1 N–H and O–H groups in total. The molecule has 0 spiro atoms. The summed E-state index contributed by atoms with van der Waals surface area (Å²) in [5.41, 5.74) is 0.559. The monoisotopic (exact) mass is 310 g/mol. The number of carbonyl (C=O) groups excluding carboxylic acids is 2. The van der Waals surface area contributed by atoms with Crippen LogP contribution in [0.5, 0.6) is 11.5 Å². The summed E-state index contributed by atoms with van der Waals surface area (Å²) < 4.78 is 10.3. The van der Waals surface area contributed by atoms with E-state index in [4.69, 9.17) is 9.47 Å². The molecule has 0 radical (unpaired) electrons. The zero-order valence-electron chi connectivity index (χ0n) is 12.0. The van der Waals surface area contributed by atoms with Gasteiger partial charge in [-0.05, 0) is 12.1 Å². The molecule has 2 amide bonds. The van der Waals surface area contributed by atoms with E-state index in [0.29, 0.717) is 30.3 Å². The Labute approximate surface area is 127 Å². The number of nitrogens with zero attached hydrogens (tertiary/aromatic N) is 1. The molecule has 1 heterocycles. The van der Waals surface area contributed by atoms with Crippen LogP contribution in [0.3, 0.4) is 0 Å². The number of nitrogens with one attached hydrogen (secondary N) is 1. The van der Waals surface area contributed by atoms with Gasteiger partial charge in [0.05, 0.1) is 19.9 Å². The van der Waals surface area contributed by atoms with Gasteiger partial charge in [0.25, 0.3) is 5.24 Å². The average Bonchev–Trinajstić information content (AvgIpc) is 2.90. The van der Waals surface area contributed by atoms with Crippen LogP contribution >= 0.6 is 11.8 Å². The zero-order valence-corrected chi connectivity index (χ0v) is 12.9. The number of benzene rings is 1. The van der Waals surface area contributed by atoms with E-state index in [-0.39, 0.29) is 17.6 Å². The van der Waals surface area contributed by atoms with Crippen molar-refractivity contribution in [3.8, 4) is 11.5 Å². The third kappa shape index (κ3) is 4.04. The highest BCUT2D eigenvalue weighted by Crippen LogP contribution is 2.29. The Morgan fingerprint density at radius 1 is 1.38 bits per heavy atom. The Bertz CT molecular complexity index is 536. The molecule has 0 aromatic heterocycles. The lowest BCUT2D eigenvalue weighted by Gasteiger charge is -2.15.